The van der Waals surface area contributed by atoms with Crippen LogP contribution in [0.4, 0.5) is 10.7 Å². The van der Waals surface area contributed by atoms with Crippen molar-refractivity contribution in [2.75, 3.05) is 59.0 Å². The van der Waals surface area contributed by atoms with E-state index in [1.165, 1.54) is 16.2 Å². The van der Waals surface area contributed by atoms with E-state index in [0.29, 0.717) is 22.4 Å². The van der Waals surface area contributed by atoms with Gasteiger partial charge in [-0.05, 0) is 20.5 Å². The van der Waals surface area contributed by atoms with Crippen LogP contribution in [0.3, 0.4) is 0 Å². The minimum absolute atomic E-state index is 0.0783. The second-order valence-electron chi connectivity index (χ2n) is 5.73. The Labute approximate surface area is 130 Å². The molecule has 1 unspecified atom stereocenters. The maximum atomic E-state index is 12.2. The summed E-state index contributed by atoms with van der Waals surface area (Å²) in [5.41, 5.74) is 6.56. The number of carbonyl (C=O) groups is 1. The lowest BCUT2D eigenvalue weighted by atomic mass is 10.2. The van der Waals surface area contributed by atoms with Gasteiger partial charge in [-0.1, -0.05) is 0 Å². The van der Waals surface area contributed by atoms with Gasteiger partial charge < -0.3 is 25.2 Å². The SMILES string of the molecule is COc1c(N2CCC(N(C)C)C2)sc(C(=O)N(C)C)c1N. The van der Waals surface area contributed by atoms with E-state index in [4.69, 9.17) is 10.5 Å². The minimum Gasteiger partial charge on any atom is -0.492 e. The zero-order valence-corrected chi connectivity index (χ0v) is 14.2. The van der Waals surface area contributed by atoms with E-state index >= 15 is 0 Å². The van der Waals surface area contributed by atoms with E-state index in [1.807, 2.05) is 0 Å². The van der Waals surface area contributed by atoms with Crippen LogP contribution < -0.4 is 15.4 Å². The molecule has 2 rings (SSSR count). The smallest absolute Gasteiger partial charge is 0.265 e. The molecular formula is C14H24N4O2S. The van der Waals surface area contributed by atoms with Crippen LogP contribution in [0.5, 0.6) is 5.75 Å². The predicted molar refractivity (Wildman–Crippen MR) is 87.6 cm³/mol. The van der Waals surface area contributed by atoms with E-state index in [9.17, 15) is 4.79 Å². The minimum atomic E-state index is -0.0783. The van der Waals surface area contributed by atoms with Crippen molar-refractivity contribution in [3.05, 3.63) is 4.88 Å². The number of ether oxygens (including phenoxy) is 1. The van der Waals surface area contributed by atoms with Crippen molar-refractivity contribution < 1.29 is 9.53 Å². The van der Waals surface area contributed by atoms with Gasteiger partial charge >= 0.3 is 0 Å². The first-order valence-electron chi connectivity index (χ1n) is 6.96. The number of nitrogen functional groups attached to an aromatic ring is 1. The fourth-order valence-corrected chi connectivity index (χ4v) is 3.78. The van der Waals surface area contributed by atoms with Gasteiger partial charge in [0.05, 0.1) is 7.11 Å². The standard InChI is InChI=1S/C14H24N4O2S/c1-16(2)9-6-7-18(8-9)14-11(20-5)10(15)12(21-14)13(19)17(3)4/h9H,6-8,15H2,1-5H3. The number of methoxy groups -OCH3 is 1. The fraction of sp³-hybridized carbons (Fsp3) is 0.643. The Bertz CT molecular complexity index is 527. The number of carbonyl (C=O) groups excluding carboxylic acids is 1. The van der Waals surface area contributed by atoms with Gasteiger partial charge in [-0.25, -0.2) is 0 Å². The molecule has 21 heavy (non-hydrogen) atoms. The van der Waals surface area contributed by atoms with Crippen molar-refractivity contribution in [1.29, 1.82) is 0 Å². The highest BCUT2D eigenvalue weighted by molar-refractivity contribution is 7.19. The third kappa shape index (κ3) is 2.94. The molecule has 1 saturated heterocycles. The van der Waals surface area contributed by atoms with Gasteiger partial charge in [-0.3, -0.25) is 4.79 Å². The third-order valence-corrected chi connectivity index (χ3v) is 5.10. The molecule has 118 valence electrons. The predicted octanol–water partition coefficient (Wildman–Crippen LogP) is 1.18. The Hall–Kier alpha value is -1.47. The number of thiophene rings is 1. The average Bonchev–Trinajstić information content (AvgIpc) is 3.02. The van der Waals surface area contributed by atoms with Crippen LogP contribution in [0.25, 0.3) is 0 Å². The molecule has 1 aliphatic heterocycles. The number of hydrogen-bond donors (Lipinski definition) is 1. The van der Waals surface area contributed by atoms with Crippen molar-refractivity contribution in [2.45, 2.75) is 12.5 Å². The molecule has 0 spiro atoms. The summed E-state index contributed by atoms with van der Waals surface area (Å²) < 4.78 is 5.45. The van der Waals surface area contributed by atoms with Gasteiger partial charge in [0, 0.05) is 33.2 Å². The molecule has 0 aromatic carbocycles. The summed E-state index contributed by atoms with van der Waals surface area (Å²) in [6.07, 6.45) is 1.10. The largest absolute Gasteiger partial charge is 0.492 e. The quantitative estimate of drug-likeness (QED) is 0.904. The van der Waals surface area contributed by atoms with Crippen molar-refractivity contribution in [2.24, 2.45) is 0 Å². The molecule has 1 aromatic heterocycles. The van der Waals surface area contributed by atoms with Crippen LogP contribution >= 0.6 is 11.3 Å². The molecule has 1 atom stereocenters. The van der Waals surface area contributed by atoms with Gasteiger partial charge in [-0.15, -0.1) is 11.3 Å². The average molecular weight is 312 g/mol. The van der Waals surface area contributed by atoms with E-state index in [2.05, 4.69) is 23.9 Å². The summed E-state index contributed by atoms with van der Waals surface area (Å²) in [5, 5.41) is 0.963. The Morgan fingerprint density at radius 2 is 2.05 bits per heavy atom. The van der Waals surface area contributed by atoms with Gasteiger partial charge in [0.2, 0.25) is 0 Å². The third-order valence-electron chi connectivity index (χ3n) is 3.87. The molecule has 1 aliphatic rings. The molecule has 2 heterocycles. The van der Waals surface area contributed by atoms with Crippen LogP contribution in [0.1, 0.15) is 16.1 Å². The Kier molecular flexibility index (Phi) is 4.63. The first kappa shape index (κ1) is 15.9. The number of rotatable bonds is 4. The van der Waals surface area contributed by atoms with E-state index < -0.39 is 0 Å². The summed E-state index contributed by atoms with van der Waals surface area (Å²) in [4.78, 5) is 18.8. The second kappa shape index (κ2) is 6.11. The molecule has 6 nitrogen and oxygen atoms in total. The Morgan fingerprint density at radius 1 is 1.38 bits per heavy atom. The molecule has 0 saturated carbocycles. The van der Waals surface area contributed by atoms with E-state index in [0.717, 1.165) is 24.5 Å². The monoisotopic (exact) mass is 312 g/mol. The zero-order chi connectivity index (χ0) is 15.7. The number of nitrogens with zero attached hydrogens (tertiary/aromatic N) is 3. The van der Waals surface area contributed by atoms with Gasteiger partial charge in [-0.2, -0.15) is 0 Å². The topological polar surface area (TPSA) is 62.0 Å². The summed E-state index contributed by atoms with van der Waals surface area (Å²) >= 11 is 1.42. The normalized spacial score (nSPS) is 18.4. The van der Waals surface area contributed by atoms with Crippen molar-refractivity contribution in [3.8, 4) is 5.75 Å². The molecule has 1 amide bonds. The van der Waals surface area contributed by atoms with Crippen LogP contribution in [0.15, 0.2) is 0 Å². The summed E-state index contributed by atoms with van der Waals surface area (Å²) in [5.74, 6) is 0.551. The van der Waals surface area contributed by atoms with Crippen LogP contribution in [-0.2, 0) is 0 Å². The molecule has 2 N–H and O–H groups in total. The molecule has 0 bridgehead atoms. The fourth-order valence-electron chi connectivity index (χ4n) is 2.53. The Morgan fingerprint density at radius 3 is 2.52 bits per heavy atom. The second-order valence-corrected chi connectivity index (χ2v) is 6.73. The lowest BCUT2D eigenvalue weighted by Gasteiger charge is -2.21. The highest BCUT2D eigenvalue weighted by Gasteiger charge is 2.31. The van der Waals surface area contributed by atoms with Gasteiger partial charge in [0.1, 0.15) is 15.6 Å². The summed E-state index contributed by atoms with van der Waals surface area (Å²) in [6.45, 7) is 1.88. The lowest BCUT2D eigenvalue weighted by Crippen LogP contribution is -2.31. The van der Waals surface area contributed by atoms with Gasteiger partial charge in [0.25, 0.3) is 5.91 Å². The molecular weight excluding hydrogens is 288 g/mol. The van der Waals surface area contributed by atoms with Crippen molar-refractivity contribution >= 4 is 27.9 Å². The lowest BCUT2D eigenvalue weighted by molar-refractivity contribution is 0.0833. The number of hydrogen-bond acceptors (Lipinski definition) is 6. The number of nitrogens with two attached hydrogens (primary N) is 1. The highest BCUT2D eigenvalue weighted by atomic mass is 32.1. The number of likely N-dealkylation sites (N-methyl/N-ethyl adjacent to an activating group) is 1. The maximum absolute atomic E-state index is 12.2. The van der Waals surface area contributed by atoms with Crippen LogP contribution in [0, 0.1) is 0 Å². The summed E-state index contributed by atoms with van der Waals surface area (Å²) in [6, 6.07) is 0.519. The number of anilines is 2. The Balaban J connectivity index is 2.32. The van der Waals surface area contributed by atoms with Crippen molar-refractivity contribution in [3.63, 3.8) is 0 Å². The maximum Gasteiger partial charge on any atom is 0.265 e. The van der Waals surface area contributed by atoms with E-state index in [-0.39, 0.29) is 5.91 Å². The molecule has 1 aromatic rings. The molecule has 7 heteroatoms. The molecule has 0 aliphatic carbocycles. The summed E-state index contributed by atoms with van der Waals surface area (Å²) in [7, 11) is 9.24. The van der Waals surface area contributed by atoms with E-state index in [1.54, 1.807) is 21.2 Å². The zero-order valence-electron chi connectivity index (χ0n) is 13.3. The van der Waals surface area contributed by atoms with Crippen LogP contribution in [0.2, 0.25) is 0 Å². The molecule has 1 fully saturated rings. The highest BCUT2D eigenvalue weighted by Crippen LogP contribution is 2.46. The number of amides is 1. The van der Waals surface area contributed by atoms with Crippen molar-refractivity contribution in [1.82, 2.24) is 9.80 Å². The molecule has 0 radical (unpaired) electrons. The first-order chi connectivity index (χ1) is 9.86. The van der Waals surface area contributed by atoms with Crippen LogP contribution in [-0.4, -0.2) is 70.1 Å². The van der Waals surface area contributed by atoms with Gasteiger partial charge in [0.15, 0.2) is 5.75 Å². The first-order valence-corrected chi connectivity index (χ1v) is 7.77.